The summed E-state index contributed by atoms with van der Waals surface area (Å²) < 4.78 is 32.4. The molecular formula is C19H17N3O5S2. The highest BCUT2D eigenvalue weighted by molar-refractivity contribution is 7.92. The summed E-state index contributed by atoms with van der Waals surface area (Å²) in [6.45, 7) is 0. The first-order valence-corrected chi connectivity index (χ1v) is 10.6. The summed E-state index contributed by atoms with van der Waals surface area (Å²) in [5.74, 6) is -0.533. The largest absolute Gasteiger partial charge is 0.497 e. The number of benzene rings is 2. The van der Waals surface area contributed by atoms with Crippen LogP contribution in [0.2, 0.25) is 0 Å². The van der Waals surface area contributed by atoms with Gasteiger partial charge in [0.2, 0.25) is 0 Å². The van der Waals surface area contributed by atoms with E-state index in [-0.39, 0.29) is 10.5 Å². The number of amides is 2. The highest BCUT2D eigenvalue weighted by Crippen LogP contribution is 2.24. The SMILES string of the molecule is COc1ccc(S(=O)(=O)Nc2ccc(C(=O)Nc3sccc3C(N)=O)cc2)cc1. The second kappa shape index (κ2) is 8.33. The molecule has 29 heavy (non-hydrogen) atoms. The number of carbonyl (C=O) groups excluding carboxylic acids is 2. The van der Waals surface area contributed by atoms with Crippen molar-refractivity contribution in [3.8, 4) is 5.75 Å². The predicted octanol–water partition coefficient (Wildman–Crippen LogP) is 2.91. The molecule has 2 amide bonds. The summed E-state index contributed by atoms with van der Waals surface area (Å²) in [5, 5.41) is 4.62. The Labute approximate surface area is 171 Å². The monoisotopic (exact) mass is 431 g/mol. The number of primary amides is 1. The second-order valence-electron chi connectivity index (χ2n) is 5.84. The topological polar surface area (TPSA) is 128 Å². The van der Waals surface area contributed by atoms with Gasteiger partial charge >= 0.3 is 0 Å². The van der Waals surface area contributed by atoms with Crippen LogP contribution in [0.5, 0.6) is 5.75 Å². The van der Waals surface area contributed by atoms with Gasteiger partial charge in [0.1, 0.15) is 10.8 Å². The van der Waals surface area contributed by atoms with Crippen molar-refractivity contribution in [2.24, 2.45) is 5.73 Å². The van der Waals surface area contributed by atoms with E-state index in [1.165, 1.54) is 60.9 Å². The highest BCUT2D eigenvalue weighted by Gasteiger charge is 2.16. The minimum atomic E-state index is -3.78. The maximum Gasteiger partial charge on any atom is 0.261 e. The van der Waals surface area contributed by atoms with Gasteiger partial charge in [-0.05, 0) is 60.0 Å². The lowest BCUT2D eigenvalue weighted by Crippen LogP contribution is -2.16. The Balaban J connectivity index is 1.71. The molecule has 8 nitrogen and oxygen atoms in total. The molecule has 0 saturated carbocycles. The zero-order valence-corrected chi connectivity index (χ0v) is 16.8. The summed E-state index contributed by atoms with van der Waals surface area (Å²) in [5.41, 5.74) is 6.08. The van der Waals surface area contributed by atoms with E-state index in [9.17, 15) is 18.0 Å². The molecule has 3 aromatic rings. The van der Waals surface area contributed by atoms with Crippen molar-refractivity contribution >= 4 is 43.9 Å². The molecule has 4 N–H and O–H groups in total. The summed E-state index contributed by atoms with van der Waals surface area (Å²) in [6.07, 6.45) is 0. The molecule has 0 fully saturated rings. The van der Waals surface area contributed by atoms with Crippen molar-refractivity contribution in [2.45, 2.75) is 4.90 Å². The molecule has 3 rings (SSSR count). The van der Waals surface area contributed by atoms with Crippen LogP contribution in [0.25, 0.3) is 0 Å². The van der Waals surface area contributed by atoms with Crippen LogP contribution < -0.4 is 20.5 Å². The fourth-order valence-corrected chi connectivity index (χ4v) is 4.28. The fraction of sp³-hybridized carbons (Fsp3) is 0.0526. The number of anilines is 2. The fourth-order valence-electron chi connectivity index (χ4n) is 2.43. The Morgan fingerprint density at radius 1 is 1.00 bits per heavy atom. The van der Waals surface area contributed by atoms with Gasteiger partial charge in [-0.3, -0.25) is 14.3 Å². The van der Waals surface area contributed by atoms with E-state index < -0.39 is 21.8 Å². The van der Waals surface area contributed by atoms with Crippen LogP contribution in [0.3, 0.4) is 0 Å². The van der Waals surface area contributed by atoms with Gasteiger partial charge in [0.05, 0.1) is 17.6 Å². The number of nitrogens with one attached hydrogen (secondary N) is 2. The van der Waals surface area contributed by atoms with E-state index >= 15 is 0 Å². The molecule has 1 aromatic heterocycles. The minimum Gasteiger partial charge on any atom is -0.497 e. The number of hydrogen-bond donors (Lipinski definition) is 3. The van der Waals surface area contributed by atoms with Gasteiger partial charge in [0.25, 0.3) is 21.8 Å². The lowest BCUT2D eigenvalue weighted by atomic mass is 10.2. The van der Waals surface area contributed by atoms with Crippen LogP contribution in [0.1, 0.15) is 20.7 Å². The first kappa shape index (κ1) is 20.4. The average Bonchev–Trinajstić information content (AvgIpc) is 3.16. The molecule has 0 saturated heterocycles. The van der Waals surface area contributed by atoms with Gasteiger partial charge in [-0.1, -0.05) is 0 Å². The van der Waals surface area contributed by atoms with Crippen LogP contribution in [-0.2, 0) is 10.0 Å². The number of hydrogen-bond acceptors (Lipinski definition) is 6. The Bertz CT molecular complexity index is 1140. The molecule has 0 bridgehead atoms. The van der Waals surface area contributed by atoms with E-state index in [1.807, 2.05) is 0 Å². The number of rotatable bonds is 7. The molecule has 1 heterocycles. The Kier molecular flexibility index (Phi) is 5.85. The molecule has 150 valence electrons. The van der Waals surface area contributed by atoms with Crippen molar-refractivity contribution in [1.82, 2.24) is 0 Å². The molecule has 2 aromatic carbocycles. The van der Waals surface area contributed by atoms with Gasteiger partial charge in [0, 0.05) is 11.3 Å². The highest BCUT2D eigenvalue weighted by atomic mass is 32.2. The van der Waals surface area contributed by atoms with Crippen molar-refractivity contribution in [3.05, 3.63) is 71.1 Å². The predicted molar refractivity (Wildman–Crippen MR) is 111 cm³/mol. The molecule has 10 heteroatoms. The van der Waals surface area contributed by atoms with E-state index in [2.05, 4.69) is 10.0 Å². The van der Waals surface area contributed by atoms with Gasteiger partial charge in [-0.25, -0.2) is 8.42 Å². The number of carbonyl (C=O) groups is 2. The molecule has 0 aliphatic rings. The Morgan fingerprint density at radius 3 is 2.24 bits per heavy atom. The molecule has 0 atom stereocenters. The zero-order valence-electron chi connectivity index (χ0n) is 15.2. The third-order valence-corrected chi connectivity index (χ3v) is 6.15. The van der Waals surface area contributed by atoms with Crippen LogP contribution in [-0.4, -0.2) is 27.3 Å². The van der Waals surface area contributed by atoms with Crippen molar-refractivity contribution in [3.63, 3.8) is 0 Å². The lowest BCUT2D eigenvalue weighted by Gasteiger charge is -2.10. The van der Waals surface area contributed by atoms with E-state index in [4.69, 9.17) is 10.5 Å². The molecule has 0 aliphatic carbocycles. The molecule has 0 aliphatic heterocycles. The van der Waals surface area contributed by atoms with Crippen LogP contribution in [0, 0.1) is 0 Å². The van der Waals surface area contributed by atoms with Crippen molar-refractivity contribution < 1.29 is 22.7 Å². The number of nitrogens with two attached hydrogens (primary N) is 1. The summed E-state index contributed by atoms with van der Waals surface area (Å²) in [4.78, 5) is 23.8. The Hall–Kier alpha value is -3.37. The number of sulfonamides is 1. The van der Waals surface area contributed by atoms with Gasteiger partial charge in [-0.15, -0.1) is 11.3 Å². The molecule has 0 spiro atoms. The van der Waals surface area contributed by atoms with E-state index in [0.717, 1.165) is 0 Å². The van der Waals surface area contributed by atoms with Gasteiger partial charge < -0.3 is 15.8 Å². The second-order valence-corrected chi connectivity index (χ2v) is 8.44. The van der Waals surface area contributed by atoms with Crippen LogP contribution >= 0.6 is 11.3 Å². The van der Waals surface area contributed by atoms with Crippen molar-refractivity contribution in [2.75, 3.05) is 17.1 Å². The van der Waals surface area contributed by atoms with Crippen molar-refractivity contribution in [1.29, 1.82) is 0 Å². The minimum absolute atomic E-state index is 0.0804. The number of thiophene rings is 1. The van der Waals surface area contributed by atoms with E-state index in [0.29, 0.717) is 22.0 Å². The van der Waals surface area contributed by atoms with Gasteiger partial charge in [-0.2, -0.15) is 0 Å². The first-order chi connectivity index (χ1) is 13.8. The maximum absolute atomic E-state index is 12.5. The maximum atomic E-state index is 12.5. The van der Waals surface area contributed by atoms with Crippen LogP contribution in [0.15, 0.2) is 64.9 Å². The van der Waals surface area contributed by atoms with Crippen LogP contribution in [0.4, 0.5) is 10.7 Å². The normalized spacial score (nSPS) is 10.9. The zero-order chi connectivity index (χ0) is 21.0. The quantitative estimate of drug-likeness (QED) is 0.530. The Morgan fingerprint density at radius 2 is 1.66 bits per heavy atom. The summed E-state index contributed by atoms with van der Waals surface area (Å²) >= 11 is 1.18. The van der Waals surface area contributed by atoms with Gasteiger partial charge in [0.15, 0.2) is 0 Å². The number of ether oxygens (including phenoxy) is 1. The number of methoxy groups -OCH3 is 1. The average molecular weight is 431 g/mol. The third kappa shape index (κ3) is 4.73. The van der Waals surface area contributed by atoms with E-state index in [1.54, 1.807) is 17.5 Å². The summed E-state index contributed by atoms with van der Waals surface area (Å²) in [6, 6.07) is 13.4. The molecule has 0 radical (unpaired) electrons. The lowest BCUT2D eigenvalue weighted by molar-refractivity contribution is 0.100. The third-order valence-electron chi connectivity index (χ3n) is 3.93. The molecular weight excluding hydrogens is 414 g/mol. The molecule has 0 unspecified atom stereocenters. The first-order valence-electron chi connectivity index (χ1n) is 8.26. The smallest absolute Gasteiger partial charge is 0.261 e. The summed E-state index contributed by atoms with van der Waals surface area (Å²) in [7, 11) is -2.29. The standard InChI is InChI=1S/C19H17N3O5S2/c1-27-14-6-8-15(9-7-14)29(25,26)22-13-4-2-12(3-5-13)18(24)21-19-16(17(20)23)10-11-28-19/h2-11,22H,1H3,(H2,20,23)(H,21,24).